The summed E-state index contributed by atoms with van der Waals surface area (Å²) in [7, 11) is 0. The van der Waals surface area contributed by atoms with Gasteiger partial charge in [-0.1, -0.05) is 50.1 Å². The Bertz CT molecular complexity index is 541. The molecule has 3 heteroatoms. The topological polar surface area (TPSA) is 24.9 Å². The van der Waals surface area contributed by atoms with E-state index >= 15 is 0 Å². The average Bonchev–Trinajstić information content (AvgIpc) is 2.99. The van der Waals surface area contributed by atoms with Crippen molar-refractivity contribution in [1.29, 1.82) is 0 Å². The van der Waals surface area contributed by atoms with E-state index in [0.717, 1.165) is 30.6 Å². The first-order chi connectivity index (χ1) is 10.3. The molecule has 112 valence electrons. The lowest BCUT2D eigenvalue weighted by Gasteiger charge is -2.26. The molecule has 0 unspecified atom stereocenters. The zero-order valence-electron chi connectivity index (χ0n) is 12.7. The first-order valence-corrected chi connectivity index (χ1v) is 8.90. The smallest absolute Gasteiger partial charge is 0.107 e. The molecule has 3 rings (SSSR count). The van der Waals surface area contributed by atoms with Gasteiger partial charge in [0.25, 0.3) is 0 Å². The molecular formula is C18H24N2S. The third kappa shape index (κ3) is 4.14. The SMILES string of the molecule is CC1CCC(CNCc2nc(-c3ccccc3)cs2)CC1. The molecule has 0 atom stereocenters. The molecule has 0 spiro atoms. The number of nitrogens with one attached hydrogen (secondary N) is 1. The van der Waals surface area contributed by atoms with Gasteiger partial charge in [-0.15, -0.1) is 11.3 Å². The van der Waals surface area contributed by atoms with Crippen molar-refractivity contribution in [3.05, 3.63) is 40.7 Å². The Kier molecular flexibility index (Phi) is 5.04. The molecule has 21 heavy (non-hydrogen) atoms. The van der Waals surface area contributed by atoms with E-state index in [1.54, 1.807) is 11.3 Å². The van der Waals surface area contributed by atoms with E-state index in [1.165, 1.54) is 36.3 Å². The van der Waals surface area contributed by atoms with Gasteiger partial charge in [0.2, 0.25) is 0 Å². The van der Waals surface area contributed by atoms with E-state index < -0.39 is 0 Å². The molecule has 1 aromatic carbocycles. The number of nitrogens with zero attached hydrogens (tertiary/aromatic N) is 1. The number of rotatable bonds is 5. The van der Waals surface area contributed by atoms with Crippen molar-refractivity contribution < 1.29 is 0 Å². The summed E-state index contributed by atoms with van der Waals surface area (Å²) in [4.78, 5) is 4.73. The van der Waals surface area contributed by atoms with Crippen LogP contribution < -0.4 is 5.32 Å². The molecule has 0 aliphatic heterocycles. The molecule has 0 radical (unpaired) electrons. The Morgan fingerprint density at radius 3 is 2.67 bits per heavy atom. The Balaban J connectivity index is 1.47. The molecule has 0 amide bonds. The Hall–Kier alpha value is -1.19. The summed E-state index contributed by atoms with van der Waals surface area (Å²) in [5.41, 5.74) is 2.31. The zero-order valence-corrected chi connectivity index (χ0v) is 13.5. The molecule has 2 nitrogen and oxygen atoms in total. The summed E-state index contributed by atoms with van der Waals surface area (Å²) in [5.74, 6) is 1.81. The fraction of sp³-hybridized carbons (Fsp3) is 0.500. The molecule has 1 aliphatic carbocycles. The second-order valence-electron chi connectivity index (χ2n) is 6.25. The van der Waals surface area contributed by atoms with Gasteiger partial charge < -0.3 is 5.32 Å². The van der Waals surface area contributed by atoms with Gasteiger partial charge in [-0.25, -0.2) is 4.98 Å². The van der Waals surface area contributed by atoms with Crippen LogP contribution in [0, 0.1) is 11.8 Å². The lowest BCUT2D eigenvalue weighted by atomic mass is 9.83. The van der Waals surface area contributed by atoms with Crippen LogP contribution in [0.3, 0.4) is 0 Å². The summed E-state index contributed by atoms with van der Waals surface area (Å²) < 4.78 is 0. The van der Waals surface area contributed by atoms with Crippen molar-refractivity contribution in [3.8, 4) is 11.3 Å². The maximum Gasteiger partial charge on any atom is 0.107 e. The summed E-state index contributed by atoms with van der Waals surface area (Å²) in [5, 5.41) is 6.95. The molecule has 1 saturated carbocycles. The van der Waals surface area contributed by atoms with Gasteiger partial charge in [-0.05, 0) is 31.2 Å². The van der Waals surface area contributed by atoms with Gasteiger partial charge in [-0.2, -0.15) is 0 Å². The first-order valence-electron chi connectivity index (χ1n) is 8.02. The van der Waals surface area contributed by atoms with Gasteiger partial charge in [0.05, 0.1) is 5.69 Å². The van der Waals surface area contributed by atoms with E-state index in [9.17, 15) is 0 Å². The molecule has 1 aliphatic rings. The molecule has 1 heterocycles. The first kappa shape index (κ1) is 14.7. The van der Waals surface area contributed by atoms with Crippen molar-refractivity contribution >= 4 is 11.3 Å². The third-order valence-electron chi connectivity index (χ3n) is 4.47. The van der Waals surface area contributed by atoms with Crippen LogP contribution in [0.1, 0.15) is 37.6 Å². The minimum Gasteiger partial charge on any atom is -0.310 e. The van der Waals surface area contributed by atoms with Crippen molar-refractivity contribution in [2.24, 2.45) is 11.8 Å². The zero-order chi connectivity index (χ0) is 14.5. The standard InChI is InChI=1S/C18H24N2S/c1-14-7-9-15(10-8-14)11-19-12-18-20-17(13-21-18)16-5-3-2-4-6-16/h2-6,13-15,19H,7-12H2,1H3. The second-order valence-corrected chi connectivity index (χ2v) is 7.19. The van der Waals surface area contributed by atoms with Crippen molar-refractivity contribution in [2.45, 2.75) is 39.2 Å². The monoisotopic (exact) mass is 300 g/mol. The van der Waals surface area contributed by atoms with Crippen molar-refractivity contribution in [1.82, 2.24) is 10.3 Å². The summed E-state index contributed by atoms with van der Waals surface area (Å²) >= 11 is 1.76. The molecule has 0 bridgehead atoms. The van der Waals surface area contributed by atoms with Gasteiger partial charge in [-0.3, -0.25) is 0 Å². The van der Waals surface area contributed by atoms with E-state index in [1.807, 2.05) is 6.07 Å². The molecule has 1 N–H and O–H groups in total. The number of benzene rings is 1. The van der Waals surface area contributed by atoms with Crippen LogP contribution in [0.25, 0.3) is 11.3 Å². The molecule has 0 saturated heterocycles. The fourth-order valence-corrected chi connectivity index (χ4v) is 3.82. The van der Waals surface area contributed by atoms with E-state index in [4.69, 9.17) is 4.98 Å². The van der Waals surface area contributed by atoms with E-state index in [-0.39, 0.29) is 0 Å². The summed E-state index contributed by atoms with van der Waals surface area (Å²) in [6.07, 6.45) is 5.59. The minimum atomic E-state index is 0.870. The van der Waals surface area contributed by atoms with Gasteiger partial charge in [0.15, 0.2) is 0 Å². The van der Waals surface area contributed by atoms with Crippen LogP contribution in [0.2, 0.25) is 0 Å². The number of thiazole rings is 1. The van der Waals surface area contributed by atoms with Crippen LogP contribution in [-0.4, -0.2) is 11.5 Å². The normalized spacial score (nSPS) is 22.3. The Labute approximate surface area is 131 Å². The molecular weight excluding hydrogens is 276 g/mol. The molecule has 1 fully saturated rings. The number of hydrogen-bond acceptors (Lipinski definition) is 3. The maximum atomic E-state index is 4.73. The van der Waals surface area contributed by atoms with Crippen LogP contribution in [0.15, 0.2) is 35.7 Å². The van der Waals surface area contributed by atoms with E-state index in [2.05, 4.69) is 41.9 Å². The molecule has 2 aromatic rings. The fourth-order valence-electron chi connectivity index (χ4n) is 3.05. The average molecular weight is 300 g/mol. The lowest BCUT2D eigenvalue weighted by molar-refractivity contribution is 0.281. The van der Waals surface area contributed by atoms with Crippen molar-refractivity contribution in [2.75, 3.05) is 6.54 Å². The highest BCUT2D eigenvalue weighted by molar-refractivity contribution is 7.09. The highest BCUT2D eigenvalue weighted by atomic mass is 32.1. The van der Waals surface area contributed by atoms with Gasteiger partial charge >= 0.3 is 0 Å². The second kappa shape index (κ2) is 7.19. The Morgan fingerprint density at radius 1 is 1.14 bits per heavy atom. The quantitative estimate of drug-likeness (QED) is 0.863. The third-order valence-corrected chi connectivity index (χ3v) is 5.31. The maximum absolute atomic E-state index is 4.73. The number of hydrogen-bond donors (Lipinski definition) is 1. The van der Waals surface area contributed by atoms with Crippen LogP contribution >= 0.6 is 11.3 Å². The minimum absolute atomic E-state index is 0.870. The van der Waals surface area contributed by atoms with Gasteiger partial charge in [0.1, 0.15) is 5.01 Å². The van der Waals surface area contributed by atoms with Crippen LogP contribution in [0.4, 0.5) is 0 Å². The summed E-state index contributed by atoms with van der Waals surface area (Å²) in [6, 6.07) is 10.4. The van der Waals surface area contributed by atoms with Crippen LogP contribution in [0.5, 0.6) is 0 Å². The largest absolute Gasteiger partial charge is 0.310 e. The van der Waals surface area contributed by atoms with Gasteiger partial charge in [0, 0.05) is 17.5 Å². The van der Waals surface area contributed by atoms with Crippen LogP contribution in [-0.2, 0) is 6.54 Å². The summed E-state index contributed by atoms with van der Waals surface area (Å²) in [6.45, 7) is 4.43. The van der Waals surface area contributed by atoms with Crippen molar-refractivity contribution in [3.63, 3.8) is 0 Å². The Morgan fingerprint density at radius 2 is 1.90 bits per heavy atom. The highest BCUT2D eigenvalue weighted by Gasteiger charge is 2.17. The van der Waals surface area contributed by atoms with E-state index in [0.29, 0.717) is 0 Å². The predicted octanol–water partition coefficient (Wildman–Crippen LogP) is 4.73. The predicted molar refractivity (Wildman–Crippen MR) is 90.4 cm³/mol. The highest BCUT2D eigenvalue weighted by Crippen LogP contribution is 2.28. The lowest BCUT2D eigenvalue weighted by Crippen LogP contribution is -2.25. The molecule has 1 aromatic heterocycles. The number of aromatic nitrogens is 1.